The summed E-state index contributed by atoms with van der Waals surface area (Å²) in [5.74, 6) is 2.12. The van der Waals surface area contributed by atoms with E-state index in [-0.39, 0.29) is 12.6 Å². The number of aliphatic hydroxyl groups excluding tert-OH is 1. The van der Waals surface area contributed by atoms with Crippen molar-refractivity contribution in [1.29, 1.82) is 0 Å². The summed E-state index contributed by atoms with van der Waals surface area (Å²) in [4.78, 5) is 5.13. The fourth-order valence-electron chi connectivity index (χ4n) is 5.83. The number of benzene rings is 3. The molecule has 0 aromatic heterocycles. The first-order chi connectivity index (χ1) is 17.2. The summed E-state index contributed by atoms with van der Waals surface area (Å²) in [6, 6.07) is 26.2. The fraction of sp³-hybridized carbons (Fsp3) is 0.400. The van der Waals surface area contributed by atoms with Crippen LogP contribution in [0, 0.1) is 0 Å². The predicted octanol–water partition coefficient (Wildman–Crippen LogP) is 4.80. The van der Waals surface area contributed by atoms with Gasteiger partial charge in [0.15, 0.2) is 0 Å². The molecule has 2 fully saturated rings. The Kier molecular flexibility index (Phi) is 7.37. The van der Waals surface area contributed by atoms with Gasteiger partial charge in [-0.3, -0.25) is 9.80 Å². The van der Waals surface area contributed by atoms with E-state index in [0.717, 1.165) is 37.7 Å². The van der Waals surface area contributed by atoms with E-state index in [1.807, 2.05) is 24.3 Å². The van der Waals surface area contributed by atoms with Crippen molar-refractivity contribution in [3.05, 3.63) is 83.9 Å². The molecule has 2 aliphatic heterocycles. The van der Waals surface area contributed by atoms with E-state index in [1.165, 1.54) is 35.1 Å². The third-order valence-electron chi connectivity index (χ3n) is 7.74. The van der Waals surface area contributed by atoms with Crippen LogP contribution in [0.2, 0.25) is 0 Å². The zero-order valence-corrected chi connectivity index (χ0v) is 20.8. The SMILES string of the molecule is COc1ccc(CN2CCCCN3[C@H](C2)[C@H](c2ccc(-c4ccc(OC)cc4)cc2)[C@@H]3CO)cc1. The van der Waals surface area contributed by atoms with Gasteiger partial charge in [0.25, 0.3) is 0 Å². The summed E-state index contributed by atoms with van der Waals surface area (Å²) < 4.78 is 10.6. The monoisotopic (exact) mass is 472 g/mol. The van der Waals surface area contributed by atoms with E-state index in [4.69, 9.17) is 9.47 Å². The number of hydrogen-bond donors (Lipinski definition) is 1. The second-order valence-corrected chi connectivity index (χ2v) is 9.72. The molecule has 0 radical (unpaired) electrons. The van der Waals surface area contributed by atoms with Crippen molar-refractivity contribution in [2.75, 3.05) is 40.5 Å². The molecule has 1 N–H and O–H groups in total. The third-order valence-corrected chi connectivity index (χ3v) is 7.74. The average Bonchev–Trinajstić information content (AvgIpc) is 2.90. The highest BCUT2D eigenvalue weighted by atomic mass is 16.5. The minimum absolute atomic E-state index is 0.202. The molecular weight excluding hydrogens is 436 g/mol. The van der Waals surface area contributed by atoms with E-state index in [0.29, 0.717) is 12.0 Å². The summed E-state index contributed by atoms with van der Waals surface area (Å²) in [5, 5.41) is 10.3. The minimum atomic E-state index is 0.202. The molecule has 0 spiro atoms. The van der Waals surface area contributed by atoms with Gasteiger partial charge in [-0.15, -0.1) is 0 Å². The number of fused-ring (bicyclic) bond motifs is 1. The van der Waals surface area contributed by atoms with Crippen LogP contribution in [0.3, 0.4) is 0 Å². The Morgan fingerprint density at radius 2 is 1.34 bits per heavy atom. The van der Waals surface area contributed by atoms with Crippen molar-refractivity contribution in [3.63, 3.8) is 0 Å². The van der Waals surface area contributed by atoms with Crippen LogP contribution >= 0.6 is 0 Å². The van der Waals surface area contributed by atoms with Gasteiger partial charge >= 0.3 is 0 Å². The van der Waals surface area contributed by atoms with Crippen LogP contribution in [0.15, 0.2) is 72.8 Å². The fourth-order valence-corrected chi connectivity index (χ4v) is 5.83. The van der Waals surface area contributed by atoms with Gasteiger partial charge in [-0.1, -0.05) is 48.5 Å². The van der Waals surface area contributed by atoms with Crippen LogP contribution in [0.4, 0.5) is 0 Å². The molecule has 0 saturated carbocycles. The minimum Gasteiger partial charge on any atom is -0.497 e. The summed E-state index contributed by atoms with van der Waals surface area (Å²) in [6.07, 6.45) is 2.37. The van der Waals surface area contributed by atoms with Crippen molar-refractivity contribution < 1.29 is 14.6 Å². The molecule has 184 valence electrons. The van der Waals surface area contributed by atoms with Gasteiger partial charge in [0.1, 0.15) is 11.5 Å². The first-order valence-corrected chi connectivity index (χ1v) is 12.7. The molecule has 3 atom stereocenters. The Morgan fingerprint density at radius 3 is 1.94 bits per heavy atom. The van der Waals surface area contributed by atoms with Crippen LogP contribution in [-0.2, 0) is 6.54 Å². The topological polar surface area (TPSA) is 45.2 Å². The van der Waals surface area contributed by atoms with Gasteiger partial charge in [0.2, 0.25) is 0 Å². The van der Waals surface area contributed by atoms with Crippen LogP contribution in [-0.4, -0.2) is 67.5 Å². The van der Waals surface area contributed by atoms with Crippen molar-refractivity contribution >= 4 is 0 Å². The smallest absolute Gasteiger partial charge is 0.118 e. The number of rotatable bonds is 7. The molecule has 0 bridgehead atoms. The first kappa shape index (κ1) is 23.9. The lowest BCUT2D eigenvalue weighted by atomic mass is 9.74. The largest absolute Gasteiger partial charge is 0.497 e. The van der Waals surface area contributed by atoms with Crippen molar-refractivity contribution in [2.45, 2.75) is 37.4 Å². The van der Waals surface area contributed by atoms with Crippen LogP contribution in [0.5, 0.6) is 11.5 Å². The number of methoxy groups -OCH3 is 2. The van der Waals surface area contributed by atoms with Crippen molar-refractivity contribution in [1.82, 2.24) is 9.80 Å². The molecule has 2 aliphatic rings. The maximum Gasteiger partial charge on any atom is 0.118 e. The van der Waals surface area contributed by atoms with Crippen LogP contribution < -0.4 is 9.47 Å². The second kappa shape index (κ2) is 10.8. The van der Waals surface area contributed by atoms with Gasteiger partial charge in [0, 0.05) is 31.1 Å². The molecule has 2 heterocycles. The highest BCUT2D eigenvalue weighted by molar-refractivity contribution is 5.64. The molecule has 0 unspecified atom stereocenters. The molecule has 35 heavy (non-hydrogen) atoms. The standard InChI is InChI=1S/C30H36N2O3/c1-34-26-13-5-22(6-14-26)19-31-17-3-4-18-32-28(20-31)30(29(32)21-33)25-9-7-23(8-10-25)24-11-15-27(35-2)16-12-24/h5-16,28-30,33H,3-4,17-21H2,1-2H3/t28-,29+,30+/m1/s1. The van der Waals surface area contributed by atoms with Crippen molar-refractivity contribution in [2.24, 2.45) is 0 Å². The van der Waals surface area contributed by atoms with E-state index in [9.17, 15) is 5.11 Å². The van der Waals surface area contributed by atoms with E-state index in [2.05, 4.69) is 58.3 Å². The average molecular weight is 473 g/mol. The lowest BCUT2D eigenvalue weighted by Gasteiger charge is -2.57. The second-order valence-electron chi connectivity index (χ2n) is 9.72. The van der Waals surface area contributed by atoms with Crippen molar-refractivity contribution in [3.8, 4) is 22.6 Å². The Morgan fingerprint density at radius 1 is 0.771 bits per heavy atom. The molecule has 3 aromatic carbocycles. The Labute approximate surface area is 208 Å². The molecule has 2 saturated heterocycles. The highest BCUT2D eigenvalue weighted by Crippen LogP contribution is 2.42. The maximum atomic E-state index is 10.3. The highest BCUT2D eigenvalue weighted by Gasteiger charge is 2.49. The van der Waals surface area contributed by atoms with Crippen LogP contribution in [0.1, 0.15) is 29.9 Å². The molecule has 3 aromatic rings. The summed E-state index contributed by atoms with van der Waals surface area (Å²) in [7, 11) is 3.40. The Bertz CT molecular complexity index is 1080. The van der Waals surface area contributed by atoms with Gasteiger partial charge < -0.3 is 14.6 Å². The molecule has 5 nitrogen and oxygen atoms in total. The third kappa shape index (κ3) is 5.08. The molecule has 0 amide bonds. The maximum absolute atomic E-state index is 10.3. The van der Waals surface area contributed by atoms with Gasteiger partial charge in [-0.05, 0) is 72.5 Å². The van der Waals surface area contributed by atoms with Gasteiger partial charge in [-0.2, -0.15) is 0 Å². The molecular formula is C30H36N2O3. The van der Waals surface area contributed by atoms with E-state index >= 15 is 0 Å². The lowest BCUT2D eigenvalue weighted by molar-refractivity contribution is -0.0655. The first-order valence-electron chi connectivity index (χ1n) is 12.7. The molecule has 5 heteroatoms. The van der Waals surface area contributed by atoms with Crippen LogP contribution in [0.25, 0.3) is 11.1 Å². The molecule has 0 aliphatic carbocycles. The zero-order valence-electron chi connectivity index (χ0n) is 20.8. The lowest BCUT2D eigenvalue weighted by Crippen LogP contribution is -2.67. The van der Waals surface area contributed by atoms with Gasteiger partial charge in [0.05, 0.1) is 20.8 Å². The quantitative estimate of drug-likeness (QED) is 0.535. The van der Waals surface area contributed by atoms with Gasteiger partial charge in [-0.25, -0.2) is 0 Å². The molecule has 5 rings (SSSR count). The normalized spacial score (nSPS) is 23.0. The Hall–Kier alpha value is -2.86. The van der Waals surface area contributed by atoms with E-state index in [1.54, 1.807) is 14.2 Å². The summed E-state index contributed by atoms with van der Waals surface area (Å²) in [6.45, 7) is 4.37. The number of aliphatic hydroxyl groups is 1. The number of hydrogen-bond acceptors (Lipinski definition) is 5. The summed E-state index contributed by atoms with van der Waals surface area (Å²) >= 11 is 0. The zero-order chi connectivity index (χ0) is 24.2. The summed E-state index contributed by atoms with van der Waals surface area (Å²) in [5.41, 5.74) is 5.03. The predicted molar refractivity (Wildman–Crippen MR) is 140 cm³/mol. The Balaban J connectivity index is 1.33. The van der Waals surface area contributed by atoms with E-state index < -0.39 is 0 Å². The number of nitrogens with zero attached hydrogens (tertiary/aromatic N) is 2. The number of ether oxygens (including phenoxy) is 2.